The van der Waals surface area contributed by atoms with Crippen LogP contribution in [-0.4, -0.2) is 18.9 Å². The van der Waals surface area contributed by atoms with E-state index in [9.17, 15) is 0 Å². The van der Waals surface area contributed by atoms with E-state index in [0.29, 0.717) is 0 Å². The largest absolute Gasteiger partial charge is 0.455 e. The van der Waals surface area contributed by atoms with Gasteiger partial charge in [-0.25, -0.2) is 9.97 Å². The first-order chi connectivity index (χ1) is 26.1. The van der Waals surface area contributed by atoms with Gasteiger partial charge in [0.15, 0.2) is 5.75 Å². The van der Waals surface area contributed by atoms with E-state index in [0.717, 1.165) is 67.3 Å². The number of hydrogen-bond acceptors (Lipinski definition) is 4. The van der Waals surface area contributed by atoms with Crippen LogP contribution in [0.15, 0.2) is 164 Å². The van der Waals surface area contributed by atoms with Gasteiger partial charge in [-0.3, -0.25) is 8.97 Å². The Morgan fingerprint density at radius 3 is 2.19 bits per heavy atom. The molecule has 10 aromatic rings. The summed E-state index contributed by atoms with van der Waals surface area (Å²) in [6, 6.07) is 51.3. The van der Waals surface area contributed by atoms with Crippen molar-refractivity contribution in [2.75, 3.05) is 4.90 Å². The van der Waals surface area contributed by atoms with E-state index in [4.69, 9.17) is 14.7 Å². The molecule has 1 aliphatic rings. The molecule has 0 bridgehead atoms. The van der Waals surface area contributed by atoms with Crippen molar-refractivity contribution in [2.24, 2.45) is 0 Å². The highest BCUT2D eigenvalue weighted by Crippen LogP contribution is 2.59. The number of imidazole rings is 1. The second-order valence-electron chi connectivity index (χ2n) is 14.3. The Balaban J connectivity index is 1.26. The third kappa shape index (κ3) is 4.20. The third-order valence-electron chi connectivity index (χ3n) is 11.0. The summed E-state index contributed by atoms with van der Waals surface area (Å²) in [5.74, 6) is 2.36. The van der Waals surface area contributed by atoms with E-state index < -0.39 is 5.41 Å². The van der Waals surface area contributed by atoms with Crippen LogP contribution in [0.2, 0.25) is 0 Å². The summed E-state index contributed by atoms with van der Waals surface area (Å²) in [7, 11) is 0. The van der Waals surface area contributed by atoms with Crippen LogP contribution in [0.3, 0.4) is 0 Å². The van der Waals surface area contributed by atoms with E-state index in [1.807, 2.05) is 30.7 Å². The molecule has 53 heavy (non-hydrogen) atoms. The molecule has 0 fully saturated rings. The number of aromatic nitrogens is 4. The van der Waals surface area contributed by atoms with Gasteiger partial charge in [-0.15, -0.1) is 0 Å². The molecule has 0 N–H and O–H groups in total. The first-order valence-electron chi connectivity index (χ1n) is 18.0. The monoisotopic (exact) mass is 683 g/mol. The lowest BCUT2D eigenvalue weighted by Gasteiger charge is -2.43. The van der Waals surface area contributed by atoms with Crippen molar-refractivity contribution < 1.29 is 4.74 Å². The van der Waals surface area contributed by atoms with Crippen LogP contribution in [0.25, 0.3) is 54.9 Å². The standard InChI is InChI=1S/C47H33N5O/c1-47(2)36-18-8-11-21-39(36)51(30-14-4-3-5-15-30)45-41(29-40-43(44(45)47)34-17-7-10-20-38(34)52(40)42-22-12-13-25-48-42)53-31-23-24-32-33-16-6-9-19-37(33)50-27-26-49-46(50)35(32)28-31/h3-29H,1-2H3. The number of rotatable bonds is 4. The maximum Gasteiger partial charge on any atom is 0.153 e. The van der Waals surface area contributed by atoms with Gasteiger partial charge >= 0.3 is 0 Å². The molecular weight excluding hydrogens is 651 g/mol. The number of benzene rings is 6. The molecule has 6 nitrogen and oxygen atoms in total. The lowest BCUT2D eigenvalue weighted by atomic mass is 9.71. The van der Waals surface area contributed by atoms with Gasteiger partial charge in [0.1, 0.15) is 17.2 Å². The predicted molar refractivity (Wildman–Crippen MR) is 216 cm³/mol. The number of nitrogens with zero attached hydrogens (tertiary/aromatic N) is 5. The normalized spacial score (nSPS) is 13.6. The number of hydrogen-bond donors (Lipinski definition) is 0. The zero-order valence-corrected chi connectivity index (χ0v) is 29.2. The van der Waals surface area contributed by atoms with E-state index in [1.165, 1.54) is 27.3 Å². The summed E-state index contributed by atoms with van der Waals surface area (Å²) in [4.78, 5) is 12.1. The Bertz CT molecular complexity index is 3070. The smallest absolute Gasteiger partial charge is 0.153 e. The van der Waals surface area contributed by atoms with Gasteiger partial charge in [0.05, 0.1) is 27.9 Å². The molecule has 0 radical (unpaired) electrons. The van der Waals surface area contributed by atoms with Gasteiger partial charge in [0.2, 0.25) is 0 Å². The van der Waals surface area contributed by atoms with Crippen LogP contribution in [0.5, 0.6) is 11.5 Å². The molecule has 1 aliphatic heterocycles. The van der Waals surface area contributed by atoms with Crippen LogP contribution in [0, 0.1) is 0 Å². The van der Waals surface area contributed by atoms with Crippen LogP contribution < -0.4 is 9.64 Å². The predicted octanol–water partition coefficient (Wildman–Crippen LogP) is 12.0. The minimum absolute atomic E-state index is 0.391. The zero-order valence-electron chi connectivity index (χ0n) is 29.2. The van der Waals surface area contributed by atoms with Crippen LogP contribution in [0.1, 0.15) is 25.0 Å². The van der Waals surface area contributed by atoms with Gasteiger partial charge in [-0.05, 0) is 71.6 Å². The van der Waals surface area contributed by atoms with Crippen molar-refractivity contribution in [3.05, 3.63) is 175 Å². The fourth-order valence-corrected chi connectivity index (χ4v) is 8.77. The van der Waals surface area contributed by atoms with E-state index >= 15 is 0 Å². The molecule has 0 aliphatic carbocycles. The maximum atomic E-state index is 7.27. The first-order valence-corrected chi connectivity index (χ1v) is 18.0. The number of anilines is 3. The van der Waals surface area contributed by atoms with Crippen molar-refractivity contribution in [2.45, 2.75) is 19.3 Å². The van der Waals surface area contributed by atoms with Gasteiger partial charge in [-0.1, -0.05) is 92.7 Å². The molecule has 0 saturated heterocycles. The van der Waals surface area contributed by atoms with E-state index in [2.05, 4.69) is 161 Å². The minimum atomic E-state index is -0.391. The summed E-state index contributed by atoms with van der Waals surface area (Å²) in [5, 5.41) is 5.72. The van der Waals surface area contributed by atoms with Gasteiger partial charge < -0.3 is 9.64 Å². The Morgan fingerprint density at radius 1 is 0.585 bits per heavy atom. The highest BCUT2D eigenvalue weighted by Gasteiger charge is 2.41. The van der Waals surface area contributed by atoms with Crippen molar-refractivity contribution >= 4 is 66.2 Å². The lowest BCUT2D eigenvalue weighted by molar-refractivity contribution is 0.482. The summed E-state index contributed by atoms with van der Waals surface area (Å²) >= 11 is 0. The maximum absolute atomic E-state index is 7.27. The van der Waals surface area contributed by atoms with Crippen molar-refractivity contribution in [3.8, 4) is 17.3 Å². The SMILES string of the molecule is CC1(C)c2ccccc2N(c2ccccc2)c2c(Oc3ccc4c5ccccc5n5ccnc5c4c3)cc3c(c21)c1ccccc1n3-c1ccccn1. The Kier molecular flexibility index (Phi) is 6.20. The molecule has 5 heterocycles. The topological polar surface area (TPSA) is 47.6 Å². The van der Waals surface area contributed by atoms with Crippen molar-refractivity contribution in [1.29, 1.82) is 0 Å². The Morgan fingerprint density at radius 2 is 1.34 bits per heavy atom. The molecule has 252 valence electrons. The van der Waals surface area contributed by atoms with Crippen molar-refractivity contribution in [1.82, 2.24) is 18.9 Å². The molecule has 0 saturated carbocycles. The van der Waals surface area contributed by atoms with Crippen molar-refractivity contribution in [3.63, 3.8) is 0 Å². The minimum Gasteiger partial charge on any atom is -0.455 e. The Hall–Kier alpha value is -6.92. The van der Waals surface area contributed by atoms with Gasteiger partial charge in [0.25, 0.3) is 0 Å². The Labute approximate surface area is 305 Å². The summed E-state index contributed by atoms with van der Waals surface area (Å²) in [5.41, 5.74) is 9.47. The number of para-hydroxylation sites is 4. The average molecular weight is 684 g/mol. The first kappa shape index (κ1) is 29.8. The number of ether oxygens (including phenoxy) is 1. The number of fused-ring (bicyclic) bond motifs is 12. The fourth-order valence-electron chi connectivity index (χ4n) is 8.77. The van der Waals surface area contributed by atoms with Crippen LogP contribution in [0.4, 0.5) is 17.1 Å². The highest BCUT2D eigenvalue weighted by atomic mass is 16.5. The van der Waals surface area contributed by atoms with E-state index in [1.54, 1.807) is 0 Å². The molecule has 0 atom stereocenters. The molecule has 0 unspecified atom stereocenters. The average Bonchev–Trinajstić information content (AvgIpc) is 3.83. The van der Waals surface area contributed by atoms with Crippen LogP contribution >= 0.6 is 0 Å². The molecule has 6 heteroatoms. The fraction of sp³-hybridized carbons (Fsp3) is 0.0638. The van der Waals surface area contributed by atoms with Gasteiger partial charge in [0, 0.05) is 62.9 Å². The molecule has 6 aromatic carbocycles. The summed E-state index contributed by atoms with van der Waals surface area (Å²) in [6.07, 6.45) is 5.76. The van der Waals surface area contributed by atoms with E-state index in [-0.39, 0.29) is 0 Å². The zero-order chi connectivity index (χ0) is 35.3. The molecule has 11 rings (SSSR count). The molecular formula is C47H33N5O. The van der Waals surface area contributed by atoms with Gasteiger partial charge in [-0.2, -0.15) is 0 Å². The molecule has 0 spiro atoms. The summed E-state index contributed by atoms with van der Waals surface area (Å²) in [6.45, 7) is 4.69. The molecule has 4 aromatic heterocycles. The second kappa shape index (κ2) is 11.0. The third-order valence-corrected chi connectivity index (χ3v) is 11.0. The quantitative estimate of drug-likeness (QED) is 0.173. The molecule has 0 amide bonds. The number of pyridine rings is 2. The lowest BCUT2D eigenvalue weighted by Crippen LogP contribution is -2.31. The highest BCUT2D eigenvalue weighted by molar-refractivity contribution is 6.16. The summed E-state index contributed by atoms with van der Waals surface area (Å²) < 4.78 is 11.7. The van der Waals surface area contributed by atoms with Crippen LogP contribution in [-0.2, 0) is 5.41 Å². The second-order valence-corrected chi connectivity index (χ2v) is 14.3.